The minimum atomic E-state index is -0.680. The molecule has 0 bridgehead atoms. The lowest BCUT2D eigenvalue weighted by atomic mass is 9.92. The van der Waals surface area contributed by atoms with E-state index < -0.39 is 11.7 Å². The van der Waals surface area contributed by atoms with Crippen LogP contribution in [0.3, 0.4) is 0 Å². The number of hydrogen-bond acceptors (Lipinski definition) is 3. The monoisotopic (exact) mass is 301 g/mol. The average molecular weight is 301 g/mol. The lowest BCUT2D eigenvalue weighted by Gasteiger charge is -2.28. The maximum absolute atomic E-state index is 12.4. The number of amides is 2. The zero-order valence-corrected chi connectivity index (χ0v) is 13.2. The maximum Gasteiger partial charge on any atom is 0.417 e. The highest BCUT2D eigenvalue weighted by Crippen LogP contribution is 2.32. The van der Waals surface area contributed by atoms with Crippen molar-refractivity contribution in [3.63, 3.8) is 0 Å². The summed E-state index contributed by atoms with van der Waals surface area (Å²) in [6.07, 6.45) is 3.65. The Hall–Kier alpha value is -2.10. The number of allylic oxidation sites excluding steroid dienone is 1. The summed E-state index contributed by atoms with van der Waals surface area (Å²) in [6, 6.07) is 9.58. The molecule has 1 atom stereocenters. The Balaban J connectivity index is 2.16. The SMILES string of the molecule is C=CCCCC(=O)N1C(=O)OC(C)(C)[C@@H]1Cc1ccccc1. The summed E-state index contributed by atoms with van der Waals surface area (Å²) in [5.41, 5.74) is 0.406. The minimum absolute atomic E-state index is 0.168. The van der Waals surface area contributed by atoms with Crippen molar-refractivity contribution >= 4 is 12.0 Å². The molecule has 0 unspecified atom stereocenters. The first kappa shape index (κ1) is 16.3. The number of imide groups is 1. The zero-order chi connectivity index (χ0) is 16.2. The molecule has 0 aliphatic carbocycles. The van der Waals surface area contributed by atoms with Crippen LogP contribution in [0.15, 0.2) is 43.0 Å². The van der Waals surface area contributed by atoms with Gasteiger partial charge in [-0.3, -0.25) is 4.79 Å². The molecule has 0 N–H and O–H groups in total. The molecule has 1 aromatic carbocycles. The fourth-order valence-electron chi connectivity index (χ4n) is 2.75. The molecule has 2 amide bonds. The van der Waals surface area contributed by atoms with Crippen molar-refractivity contribution in [2.75, 3.05) is 0 Å². The van der Waals surface area contributed by atoms with Gasteiger partial charge in [-0.25, -0.2) is 9.69 Å². The van der Waals surface area contributed by atoms with Crippen LogP contribution in [0.1, 0.15) is 38.7 Å². The molecular weight excluding hydrogens is 278 g/mol. The molecule has 1 aliphatic rings. The predicted molar refractivity (Wildman–Crippen MR) is 85.4 cm³/mol. The van der Waals surface area contributed by atoms with Crippen molar-refractivity contribution in [3.8, 4) is 0 Å². The summed E-state index contributed by atoms with van der Waals surface area (Å²) in [4.78, 5) is 25.8. The molecule has 2 rings (SSSR count). The minimum Gasteiger partial charge on any atom is -0.441 e. The number of benzene rings is 1. The number of carbonyl (C=O) groups excluding carboxylic acids is 2. The van der Waals surface area contributed by atoms with Crippen LogP contribution in [0.25, 0.3) is 0 Å². The number of ether oxygens (including phenoxy) is 1. The van der Waals surface area contributed by atoms with Gasteiger partial charge < -0.3 is 4.74 Å². The smallest absolute Gasteiger partial charge is 0.417 e. The van der Waals surface area contributed by atoms with E-state index in [1.54, 1.807) is 6.08 Å². The van der Waals surface area contributed by atoms with Crippen LogP contribution < -0.4 is 0 Å². The van der Waals surface area contributed by atoms with E-state index in [1.165, 1.54) is 4.90 Å². The van der Waals surface area contributed by atoms with Crippen LogP contribution in [0.4, 0.5) is 4.79 Å². The van der Waals surface area contributed by atoms with Gasteiger partial charge in [0.25, 0.3) is 0 Å². The summed E-state index contributed by atoms with van der Waals surface area (Å²) in [6.45, 7) is 7.36. The molecule has 1 saturated heterocycles. The van der Waals surface area contributed by atoms with E-state index in [4.69, 9.17) is 4.74 Å². The Kier molecular flexibility index (Phi) is 5.01. The third-order valence-electron chi connectivity index (χ3n) is 4.00. The van der Waals surface area contributed by atoms with E-state index in [9.17, 15) is 9.59 Å². The number of unbranched alkanes of at least 4 members (excludes halogenated alkanes) is 1. The Morgan fingerprint density at radius 2 is 2.05 bits per heavy atom. The van der Waals surface area contributed by atoms with Gasteiger partial charge >= 0.3 is 6.09 Å². The third-order valence-corrected chi connectivity index (χ3v) is 4.00. The molecular formula is C18H23NO3. The Morgan fingerprint density at radius 3 is 2.68 bits per heavy atom. The highest BCUT2D eigenvalue weighted by molar-refractivity contribution is 5.94. The second kappa shape index (κ2) is 6.77. The molecule has 0 aromatic heterocycles. The van der Waals surface area contributed by atoms with Crippen LogP contribution in [0.5, 0.6) is 0 Å². The van der Waals surface area contributed by atoms with E-state index in [-0.39, 0.29) is 11.9 Å². The zero-order valence-electron chi connectivity index (χ0n) is 13.2. The maximum atomic E-state index is 12.4. The standard InChI is InChI=1S/C18H23NO3/c1-4-5-7-12-16(20)19-15(18(2,3)22-17(19)21)13-14-10-8-6-9-11-14/h4,6,8-11,15H,1,5,7,12-13H2,2-3H3/t15-/m0/s1. The molecule has 118 valence electrons. The molecule has 0 radical (unpaired) electrons. The van der Waals surface area contributed by atoms with Crippen LogP contribution in [-0.4, -0.2) is 28.5 Å². The summed E-state index contributed by atoms with van der Waals surface area (Å²) in [5.74, 6) is -0.168. The van der Waals surface area contributed by atoms with Gasteiger partial charge in [0.1, 0.15) is 5.60 Å². The van der Waals surface area contributed by atoms with Crippen molar-refractivity contribution in [2.24, 2.45) is 0 Å². The van der Waals surface area contributed by atoms with Gasteiger partial charge in [-0.05, 0) is 38.7 Å². The van der Waals surface area contributed by atoms with Crippen LogP contribution in [0, 0.1) is 0 Å². The first-order chi connectivity index (χ1) is 10.5. The molecule has 22 heavy (non-hydrogen) atoms. The molecule has 1 aromatic rings. The Labute approximate surface area is 131 Å². The highest BCUT2D eigenvalue weighted by atomic mass is 16.6. The fourth-order valence-corrected chi connectivity index (χ4v) is 2.75. The van der Waals surface area contributed by atoms with Gasteiger partial charge in [-0.2, -0.15) is 0 Å². The van der Waals surface area contributed by atoms with Gasteiger partial charge in [0.15, 0.2) is 0 Å². The number of rotatable bonds is 6. The van der Waals surface area contributed by atoms with Crippen molar-refractivity contribution in [1.82, 2.24) is 4.90 Å². The van der Waals surface area contributed by atoms with Gasteiger partial charge in [0.2, 0.25) is 5.91 Å². The number of carbonyl (C=O) groups is 2. The van der Waals surface area contributed by atoms with E-state index in [2.05, 4.69) is 6.58 Å². The average Bonchev–Trinajstić information content (AvgIpc) is 2.69. The largest absolute Gasteiger partial charge is 0.441 e. The normalized spacial score (nSPS) is 19.8. The highest BCUT2D eigenvalue weighted by Gasteiger charge is 2.50. The summed E-state index contributed by atoms with van der Waals surface area (Å²) < 4.78 is 5.42. The van der Waals surface area contributed by atoms with Gasteiger partial charge in [-0.15, -0.1) is 6.58 Å². The fraction of sp³-hybridized carbons (Fsp3) is 0.444. The molecule has 0 spiro atoms. The lowest BCUT2D eigenvalue weighted by Crippen LogP contribution is -2.46. The third kappa shape index (κ3) is 3.56. The van der Waals surface area contributed by atoms with Gasteiger partial charge in [-0.1, -0.05) is 36.4 Å². The van der Waals surface area contributed by atoms with Crippen LogP contribution >= 0.6 is 0 Å². The van der Waals surface area contributed by atoms with Gasteiger partial charge in [0.05, 0.1) is 6.04 Å². The van der Waals surface area contributed by atoms with E-state index in [0.717, 1.165) is 12.0 Å². The van der Waals surface area contributed by atoms with Crippen molar-refractivity contribution < 1.29 is 14.3 Å². The number of hydrogen-bond donors (Lipinski definition) is 0. The molecule has 1 aliphatic heterocycles. The van der Waals surface area contributed by atoms with E-state index in [1.807, 2.05) is 44.2 Å². The second-order valence-electron chi connectivity index (χ2n) is 6.12. The summed E-state index contributed by atoms with van der Waals surface area (Å²) in [7, 11) is 0. The summed E-state index contributed by atoms with van der Waals surface area (Å²) >= 11 is 0. The molecule has 1 fully saturated rings. The predicted octanol–water partition coefficient (Wildman–Crippen LogP) is 3.71. The number of nitrogens with zero attached hydrogens (tertiary/aromatic N) is 1. The lowest BCUT2D eigenvalue weighted by molar-refractivity contribution is -0.129. The first-order valence-electron chi connectivity index (χ1n) is 7.65. The van der Waals surface area contributed by atoms with Crippen molar-refractivity contribution in [2.45, 2.75) is 51.2 Å². The van der Waals surface area contributed by atoms with Crippen LogP contribution in [0.2, 0.25) is 0 Å². The quantitative estimate of drug-likeness (QED) is 0.594. The van der Waals surface area contributed by atoms with Crippen LogP contribution in [-0.2, 0) is 16.0 Å². The molecule has 0 saturated carbocycles. The van der Waals surface area contributed by atoms with E-state index >= 15 is 0 Å². The van der Waals surface area contributed by atoms with E-state index in [0.29, 0.717) is 19.3 Å². The first-order valence-corrected chi connectivity index (χ1v) is 7.65. The molecule has 4 nitrogen and oxygen atoms in total. The summed E-state index contributed by atoms with van der Waals surface area (Å²) in [5, 5.41) is 0. The van der Waals surface area contributed by atoms with Crippen molar-refractivity contribution in [3.05, 3.63) is 48.6 Å². The van der Waals surface area contributed by atoms with Gasteiger partial charge in [0, 0.05) is 6.42 Å². The topological polar surface area (TPSA) is 46.6 Å². The number of cyclic esters (lactones) is 1. The molecule has 1 heterocycles. The Morgan fingerprint density at radius 1 is 1.36 bits per heavy atom. The van der Waals surface area contributed by atoms with Crippen molar-refractivity contribution in [1.29, 1.82) is 0 Å². The Bertz CT molecular complexity index is 551. The molecule has 4 heteroatoms. The second-order valence-corrected chi connectivity index (χ2v) is 6.12.